The van der Waals surface area contributed by atoms with E-state index in [-0.39, 0.29) is 19.0 Å². The number of carbonyl (C=O) groups excluding carboxylic acids is 2. The lowest BCUT2D eigenvalue weighted by atomic mass is 10.2. The topological polar surface area (TPSA) is 84.4 Å². The van der Waals surface area contributed by atoms with Crippen molar-refractivity contribution >= 4 is 40.8 Å². The number of nitrogens with one attached hydrogen (secondary N) is 1. The molecule has 1 aliphatic heterocycles. The Morgan fingerprint density at radius 1 is 1.52 bits per heavy atom. The van der Waals surface area contributed by atoms with Crippen molar-refractivity contribution < 1.29 is 18.7 Å². The summed E-state index contributed by atoms with van der Waals surface area (Å²) in [6, 6.07) is 4.49. The summed E-state index contributed by atoms with van der Waals surface area (Å²) in [6.07, 6.45) is 0.842. The summed E-state index contributed by atoms with van der Waals surface area (Å²) in [5, 5.41) is 11.0. The van der Waals surface area contributed by atoms with Crippen LogP contribution in [0.2, 0.25) is 0 Å². The Morgan fingerprint density at radius 2 is 2.32 bits per heavy atom. The number of anilines is 1. The van der Waals surface area contributed by atoms with Crippen molar-refractivity contribution in [2.24, 2.45) is 0 Å². The summed E-state index contributed by atoms with van der Waals surface area (Å²) in [5.41, 5.74) is 0.732. The molecule has 1 saturated heterocycles. The number of hydrogen-bond acceptors (Lipinski definition) is 7. The predicted molar refractivity (Wildman–Crippen MR) is 93.4 cm³/mol. The third-order valence-electron chi connectivity index (χ3n) is 3.53. The average Bonchev–Trinajstić information content (AvgIpc) is 3.19. The van der Waals surface area contributed by atoms with Gasteiger partial charge in [-0.05, 0) is 24.5 Å². The van der Waals surface area contributed by atoms with Crippen molar-refractivity contribution in [3.63, 3.8) is 0 Å². The van der Waals surface area contributed by atoms with Crippen LogP contribution in [0.4, 0.5) is 14.9 Å². The molecule has 0 aliphatic carbocycles. The minimum absolute atomic E-state index is 0.202. The van der Waals surface area contributed by atoms with E-state index in [1.807, 2.05) is 6.26 Å². The fourth-order valence-corrected chi connectivity index (χ4v) is 3.64. The van der Waals surface area contributed by atoms with Gasteiger partial charge in [0.1, 0.15) is 11.9 Å². The zero-order valence-electron chi connectivity index (χ0n) is 13.5. The van der Waals surface area contributed by atoms with Crippen LogP contribution < -0.4 is 10.2 Å². The maximum atomic E-state index is 14.5. The van der Waals surface area contributed by atoms with Crippen LogP contribution in [0, 0.1) is 5.82 Å². The number of cyclic esters (lactones) is 1. The van der Waals surface area contributed by atoms with Gasteiger partial charge in [0.15, 0.2) is 9.35 Å². The van der Waals surface area contributed by atoms with Crippen molar-refractivity contribution in [1.29, 1.82) is 0 Å². The SMILES string of the molecule is CSc1nnc(-c2ccc(N3C[C@H](CNC(C)=O)OC3=O)cc2F)s1. The molecule has 2 heterocycles. The van der Waals surface area contributed by atoms with E-state index in [2.05, 4.69) is 15.5 Å². The van der Waals surface area contributed by atoms with Crippen LogP contribution >= 0.6 is 23.1 Å². The maximum Gasteiger partial charge on any atom is 0.414 e. The number of benzene rings is 1. The van der Waals surface area contributed by atoms with Gasteiger partial charge >= 0.3 is 6.09 Å². The molecule has 1 N–H and O–H groups in total. The molecule has 2 amide bonds. The molecule has 0 radical (unpaired) electrons. The van der Waals surface area contributed by atoms with Crippen LogP contribution in [0.1, 0.15) is 6.92 Å². The van der Waals surface area contributed by atoms with Crippen LogP contribution in [0.25, 0.3) is 10.6 Å². The van der Waals surface area contributed by atoms with Gasteiger partial charge in [-0.15, -0.1) is 10.2 Å². The molecule has 1 aromatic heterocycles. The van der Waals surface area contributed by atoms with Crippen molar-refractivity contribution in [1.82, 2.24) is 15.5 Å². The molecule has 1 aliphatic rings. The second kappa shape index (κ2) is 7.36. The number of ether oxygens (including phenoxy) is 1. The maximum absolute atomic E-state index is 14.5. The average molecular weight is 382 g/mol. The number of aromatic nitrogens is 2. The summed E-state index contributed by atoms with van der Waals surface area (Å²) < 4.78 is 20.4. The number of hydrogen-bond donors (Lipinski definition) is 1. The van der Waals surface area contributed by atoms with Crippen LogP contribution in [0.5, 0.6) is 0 Å². The van der Waals surface area contributed by atoms with Gasteiger partial charge in [-0.1, -0.05) is 23.1 Å². The lowest BCUT2D eigenvalue weighted by Gasteiger charge is -2.14. The molecule has 10 heteroatoms. The molecule has 2 aromatic rings. The van der Waals surface area contributed by atoms with Gasteiger partial charge < -0.3 is 10.1 Å². The van der Waals surface area contributed by atoms with E-state index in [1.54, 1.807) is 12.1 Å². The van der Waals surface area contributed by atoms with E-state index in [0.29, 0.717) is 16.3 Å². The molecular formula is C15H15FN4O3S2. The van der Waals surface area contributed by atoms with Gasteiger partial charge in [0, 0.05) is 12.5 Å². The Kier molecular flexibility index (Phi) is 5.19. The Hall–Kier alpha value is -2.20. The second-order valence-corrected chi connectivity index (χ2v) is 7.33. The van der Waals surface area contributed by atoms with Crippen LogP contribution in [-0.2, 0) is 9.53 Å². The smallest absolute Gasteiger partial charge is 0.414 e. The standard InChI is InChI=1S/C15H15FN4O3S2/c1-8(21)17-6-10-7-20(15(22)23-10)9-3-4-11(12(16)5-9)13-18-19-14(24-2)25-13/h3-5,10H,6-7H2,1-2H3,(H,17,21)/t10-/m0/s1. The quantitative estimate of drug-likeness (QED) is 0.800. The molecule has 0 unspecified atom stereocenters. The van der Waals surface area contributed by atoms with Crippen LogP contribution in [0.3, 0.4) is 0 Å². The molecule has 0 saturated carbocycles. The van der Waals surface area contributed by atoms with Gasteiger partial charge in [0.25, 0.3) is 0 Å². The highest BCUT2D eigenvalue weighted by Gasteiger charge is 2.32. The first-order chi connectivity index (χ1) is 12.0. The van der Waals surface area contributed by atoms with E-state index < -0.39 is 18.0 Å². The Bertz CT molecular complexity index is 814. The van der Waals surface area contributed by atoms with E-state index in [1.165, 1.54) is 41.0 Å². The lowest BCUT2D eigenvalue weighted by Crippen LogP contribution is -2.33. The highest BCUT2D eigenvalue weighted by Crippen LogP contribution is 2.32. The lowest BCUT2D eigenvalue weighted by molar-refractivity contribution is -0.119. The largest absolute Gasteiger partial charge is 0.442 e. The number of thioether (sulfide) groups is 1. The molecule has 0 bridgehead atoms. The molecule has 132 valence electrons. The first kappa shape index (κ1) is 17.6. The summed E-state index contributed by atoms with van der Waals surface area (Å²) in [5.74, 6) is -0.689. The van der Waals surface area contributed by atoms with Gasteiger partial charge in [0.2, 0.25) is 5.91 Å². The summed E-state index contributed by atoms with van der Waals surface area (Å²) in [4.78, 5) is 24.3. The van der Waals surface area contributed by atoms with Gasteiger partial charge in [-0.3, -0.25) is 9.69 Å². The van der Waals surface area contributed by atoms with Crippen molar-refractivity contribution in [2.75, 3.05) is 24.2 Å². The van der Waals surface area contributed by atoms with Crippen LogP contribution in [-0.4, -0.2) is 47.6 Å². The monoisotopic (exact) mass is 382 g/mol. The molecular weight excluding hydrogens is 367 g/mol. The molecule has 25 heavy (non-hydrogen) atoms. The Labute approximate surface area is 151 Å². The predicted octanol–water partition coefficient (Wildman–Crippen LogP) is 2.53. The number of carbonyl (C=O) groups is 2. The van der Waals surface area contributed by atoms with E-state index in [0.717, 1.165) is 4.34 Å². The molecule has 0 spiro atoms. The Morgan fingerprint density at radius 3 is 2.96 bits per heavy atom. The minimum atomic E-state index is -0.567. The van der Waals surface area contributed by atoms with Crippen LogP contribution in [0.15, 0.2) is 22.5 Å². The molecule has 1 atom stereocenters. The minimum Gasteiger partial charge on any atom is -0.442 e. The molecule has 1 fully saturated rings. The highest BCUT2D eigenvalue weighted by atomic mass is 32.2. The first-order valence-electron chi connectivity index (χ1n) is 7.38. The summed E-state index contributed by atoms with van der Waals surface area (Å²) >= 11 is 2.75. The summed E-state index contributed by atoms with van der Waals surface area (Å²) in [7, 11) is 0. The zero-order chi connectivity index (χ0) is 18.0. The highest BCUT2D eigenvalue weighted by molar-refractivity contribution is 8.00. The van der Waals surface area contributed by atoms with E-state index >= 15 is 0 Å². The fourth-order valence-electron chi connectivity index (χ4n) is 2.34. The normalized spacial score (nSPS) is 16.8. The molecule has 1 aromatic carbocycles. The van der Waals surface area contributed by atoms with Gasteiger partial charge in [-0.2, -0.15) is 0 Å². The zero-order valence-corrected chi connectivity index (χ0v) is 15.1. The third-order valence-corrected chi connectivity index (χ3v) is 5.46. The van der Waals surface area contributed by atoms with E-state index in [9.17, 15) is 14.0 Å². The van der Waals surface area contributed by atoms with Crippen molar-refractivity contribution in [3.8, 4) is 10.6 Å². The van der Waals surface area contributed by atoms with Gasteiger partial charge in [-0.25, -0.2) is 9.18 Å². The molecule has 7 nitrogen and oxygen atoms in total. The van der Waals surface area contributed by atoms with Crippen molar-refractivity contribution in [3.05, 3.63) is 24.0 Å². The third kappa shape index (κ3) is 3.90. The number of halogens is 1. The van der Waals surface area contributed by atoms with Gasteiger partial charge in [0.05, 0.1) is 18.8 Å². The number of amides is 2. The number of nitrogens with zero attached hydrogens (tertiary/aromatic N) is 3. The Balaban J connectivity index is 1.76. The fraction of sp³-hybridized carbons (Fsp3) is 0.333. The van der Waals surface area contributed by atoms with E-state index in [4.69, 9.17) is 4.74 Å². The second-order valence-electron chi connectivity index (χ2n) is 5.29. The number of rotatable bonds is 5. The first-order valence-corrected chi connectivity index (χ1v) is 9.42. The molecule has 3 rings (SSSR count). The van der Waals surface area contributed by atoms with Crippen molar-refractivity contribution in [2.45, 2.75) is 17.4 Å². The summed E-state index contributed by atoms with van der Waals surface area (Å²) in [6.45, 7) is 1.85.